The Hall–Kier alpha value is -1.58. The van der Waals surface area contributed by atoms with Gasteiger partial charge in [0.05, 0.1) is 13.1 Å². The molecule has 14 heavy (non-hydrogen) atoms. The fourth-order valence-corrected chi connectivity index (χ4v) is 0.918. The van der Waals surface area contributed by atoms with Crippen molar-refractivity contribution < 1.29 is 0 Å². The zero-order valence-corrected chi connectivity index (χ0v) is 8.19. The number of nitrogens with zero attached hydrogens (tertiary/aromatic N) is 2. The maximum Gasteiger partial charge on any atom is 0.0562 e. The molecule has 0 aliphatic carbocycles. The highest BCUT2D eigenvalue weighted by atomic mass is 14.9. The molecule has 4 heteroatoms. The maximum absolute atomic E-state index is 4.18. The van der Waals surface area contributed by atoms with Gasteiger partial charge in [0, 0.05) is 25.5 Å². The second-order valence-electron chi connectivity index (χ2n) is 2.74. The monoisotopic (exact) mass is 192 g/mol. The van der Waals surface area contributed by atoms with Crippen LogP contribution < -0.4 is 10.6 Å². The summed E-state index contributed by atoms with van der Waals surface area (Å²) in [4.78, 5) is 8.35. The fraction of sp³-hybridized carbons (Fsp3) is 0.400. The molecule has 0 atom stereocenters. The van der Waals surface area contributed by atoms with E-state index in [-0.39, 0.29) is 0 Å². The van der Waals surface area contributed by atoms with Crippen LogP contribution in [-0.4, -0.2) is 38.6 Å². The van der Waals surface area contributed by atoms with Crippen molar-refractivity contribution in [2.45, 2.75) is 0 Å². The molecule has 1 heterocycles. The third kappa shape index (κ3) is 5.99. The van der Waals surface area contributed by atoms with Crippen molar-refractivity contribution in [2.24, 2.45) is 9.98 Å². The van der Waals surface area contributed by atoms with E-state index in [0.717, 1.165) is 26.2 Å². The molecule has 0 radical (unpaired) electrons. The van der Waals surface area contributed by atoms with Crippen LogP contribution >= 0.6 is 0 Å². The van der Waals surface area contributed by atoms with E-state index in [1.807, 2.05) is 24.6 Å². The summed E-state index contributed by atoms with van der Waals surface area (Å²) >= 11 is 0. The van der Waals surface area contributed by atoms with Crippen LogP contribution in [0, 0.1) is 0 Å². The van der Waals surface area contributed by atoms with Crippen LogP contribution in [-0.2, 0) is 0 Å². The molecule has 1 rings (SSSR count). The zero-order valence-electron chi connectivity index (χ0n) is 8.19. The molecule has 0 aromatic heterocycles. The molecule has 0 bridgehead atoms. The maximum atomic E-state index is 4.18. The minimum atomic E-state index is 0.784. The average molecular weight is 192 g/mol. The van der Waals surface area contributed by atoms with Crippen LogP contribution in [0.15, 0.2) is 34.5 Å². The van der Waals surface area contributed by atoms with Gasteiger partial charge in [-0.05, 0) is 24.6 Å². The molecule has 0 aromatic rings. The molecule has 0 amide bonds. The van der Waals surface area contributed by atoms with E-state index in [2.05, 4.69) is 20.6 Å². The van der Waals surface area contributed by atoms with E-state index >= 15 is 0 Å². The molecule has 0 unspecified atom stereocenters. The third-order valence-corrected chi connectivity index (χ3v) is 1.58. The summed E-state index contributed by atoms with van der Waals surface area (Å²) in [5.41, 5.74) is 0. The van der Waals surface area contributed by atoms with Gasteiger partial charge in [-0.15, -0.1) is 0 Å². The van der Waals surface area contributed by atoms with Gasteiger partial charge >= 0.3 is 0 Å². The number of rotatable bonds is 0. The van der Waals surface area contributed by atoms with Gasteiger partial charge in [0.25, 0.3) is 0 Å². The van der Waals surface area contributed by atoms with E-state index in [0.29, 0.717) is 0 Å². The Balaban J connectivity index is 2.33. The van der Waals surface area contributed by atoms with Gasteiger partial charge < -0.3 is 10.6 Å². The first kappa shape index (κ1) is 10.5. The summed E-state index contributed by atoms with van der Waals surface area (Å²) in [5.74, 6) is 0. The van der Waals surface area contributed by atoms with Gasteiger partial charge in [-0.3, -0.25) is 9.98 Å². The van der Waals surface area contributed by atoms with Crippen molar-refractivity contribution in [3.63, 3.8) is 0 Å². The molecule has 1 aliphatic rings. The first-order valence-corrected chi connectivity index (χ1v) is 4.77. The lowest BCUT2D eigenvalue weighted by Crippen LogP contribution is -2.11. The Labute approximate surface area is 84.5 Å². The first-order chi connectivity index (χ1) is 7.00. The summed E-state index contributed by atoms with van der Waals surface area (Å²) in [5, 5.41) is 6.23. The Kier molecular flexibility index (Phi) is 6.03. The average Bonchev–Trinajstić information content (AvgIpc) is 2.22. The normalized spacial score (nSPS) is 22.9. The molecule has 4 nitrogen and oxygen atoms in total. The summed E-state index contributed by atoms with van der Waals surface area (Å²) in [6, 6.07) is 0. The highest BCUT2D eigenvalue weighted by Gasteiger charge is 1.79. The van der Waals surface area contributed by atoms with Crippen LogP contribution in [0.3, 0.4) is 0 Å². The zero-order chi connectivity index (χ0) is 9.90. The second-order valence-corrected chi connectivity index (χ2v) is 2.74. The van der Waals surface area contributed by atoms with E-state index in [9.17, 15) is 0 Å². The fourth-order valence-electron chi connectivity index (χ4n) is 0.918. The first-order valence-electron chi connectivity index (χ1n) is 4.77. The molecule has 0 spiro atoms. The number of nitrogens with one attached hydrogen (secondary N) is 2. The van der Waals surface area contributed by atoms with Crippen molar-refractivity contribution >= 4 is 12.4 Å². The lowest BCUT2D eigenvalue weighted by molar-refractivity contribution is 0.839. The summed E-state index contributed by atoms with van der Waals surface area (Å²) in [6.45, 7) is 3.27. The van der Waals surface area contributed by atoms with Crippen molar-refractivity contribution in [3.8, 4) is 0 Å². The highest BCUT2D eigenvalue weighted by Crippen LogP contribution is 1.73. The quantitative estimate of drug-likeness (QED) is 0.582. The van der Waals surface area contributed by atoms with Gasteiger partial charge in [-0.1, -0.05) is 0 Å². The second kappa shape index (κ2) is 8.04. The minimum absolute atomic E-state index is 0.784. The summed E-state index contributed by atoms with van der Waals surface area (Å²) < 4.78 is 0. The van der Waals surface area contributed by atoms with Crippen LogP contribution in [0.5, 0.6) is 0 Å². The van der Waals surface area contributed by atoms with Crippen molar-refractivity contribution in [1.82, 2.24) is 10.6 Å². The predicted octanol–water partition coefficient (Wildman–Crippen LogP) is 0.348. The molecule has 0 fully saturated rings. The van der Waals surface area contributed by atoms with E-state index < -0.39 is 0 Å². The standard InChI is InChI=1S/C10H16N4/c1-3-11-7-9-13-5-2-6-14-10-8-12-4-1/h1-6,11,14H,7-10H2/b3-1-,6-2-,12-4?,13-5?. The number of allylic oxidation sites excluding steroid dienone is 2. The third-order valence-electron chi connectivity index (χ3n) is 1.58. The highest BCUT2D eigenvalue weighted by molar-refractivity contribution is 5.71. The lowest BCUT2D eigenvalue weighted by atomic mass is 10.5. The number of aliphatic imine (C=N–C) groups is 2. The van der Waals surface area contributed by atoms with E-state index in [4.69, 9.17) is 0 Å². The van der Waals surface area contributed by atoms with E-state index in [1.165, 1.54) is 0 Å². The molecule has 2 N–H and O–H groups in total. The Morgan fingerprint density at radius 1 is 0.786 bits per heavy atom. The Morgan fingerprint density at radius 2 is 1.29 bits per heavy atom. The lowest BCUT2D eigenvalue weighted by Gasteiger charge is -1.96. The van der Waals surface area contributed by atoms with Crippen LogP contribution in [0.4, 0.5) is 0 Å². The van der Waals surface area contributed by atoms with Gasteiger partial charge in [0.15, 0.2) is 0 Å². The summed E-state index contributed by atoms with van der Waals surface area (Å²) in [6.07, 6.45) is 11.2. The molecular formula is C10H16N4. The van der Waals surface area contributed by atoms with Crippen molar-refractivity contribution in [2.75, 3.05) is 26.2 Å². The largest absolute Gasteiger partial charge is 0.389 e. The van der Waals surface area contributed by atoms with Crippen molar-refractivity contribution in [3.05, 3.63) is 24.6 Å². The van der Waals surface area contributed by atoms with Gasteiger partial charge in [-0.25, -0.2) is 0 Å². The number of hydrogen-bond donors (Lipinski definition) is 2. The predicted molar refractivity (Wildman–Crippen MR) is 61.0 cm³/mol. The van der Waals surface area contributed by atoms with Crippen LogP contribution in [0.2, 0.25) is 0 Å². The topological polar surface area (TPSA) is 48.8 Å². The number of hydrogen-bond acceptors (Lipinski definition) is 4. The van der Waals surface area contributed by atoms with Crippen molar-refractivity contribution in [1.29, 1.82) is 0 Å². The van der Waals surface area contributed by atoms with Gasteiger partial charge in [-0.2, -0.15) is 0 Å². The molecule has 1 aliphatic heterocycles. The molecule has 0 aromatic carbocycles. The molecular weight excluding hydrogens is 176 g/mol. The van der Waals surface area contributed by atoms with Crippen LogP contribution in [0.25, 0.3) is 0 Å². The summed E-state index contributed by atoms with van der Waals surface area (Å²) in [7, 11) is 0. The van der Waals surface area contributed by atoms with E-state index in [1.54, 1.807) is 12.4 Å². The Morgan fingerprint density at radius 3 is 1.79 bits per heavy atom. The van der Waals surface area contributed by atoms with Gasteiger partial charge in [0.2, 0.25) is 0 Å². The minimum Gasteiger partial charge on any atom is -0.389 e. The Bertz CT molecular complexity index is 191. The molecule has 0 saturated carbocycles. The molecule has 0 saturated heterocycles. The van der Waals surface area contributed by atoms with Crippen LogP contribution in [0.1, 0.15) is 0 Å². The SMILES string of the molecule is C1=NCCN/C=C\C=NCCN/C=C\1. The smallest absolute Gasteiger partial charge is 0.0562 e. The molecule has 76 valence electrons. The van der Waals surface area contributed by atoms with Gasteiger partial charge in [0.1, 0.15) is 0 Å².